The fraction of sp³-hybridized carbons (Fsp3) is 0.556. The van der Waals surface area contributed by atoms with Gasteiger partial charge in [0.15, 0.2) is 5.76 Å². The van der Waals surface area contributed by atoms with Gasteiger partial charge in [0.1, 0.15) is 5.60 Å². The molecule has 2 fully saturated rings. The van der Waals surface area contributed by atoms with Gasteiger partial charge >= 0.3 is 0 Å². The highest BCUT2D eigenvalue weighted by Gasteiger charge is 2.50. The first kappa shape index (κ1) is 16.8. The molecule has 2 aliphatic rings. The lowest BCUT2D eigenvalue weighted by Gasteiger charge is -2.52. The number of carbonyl (C=O) groups is 1. The summed E-state index contributed by atoms with van der Waals surface area (Å²) in [4.78, 5) is 18.7. The van der Waals surface area contributed by atoms with E-state index in [0.717, 1.165) is 29.1 Å². The molecule has 2 aromatic heterocycles. The van der Waals surface area contributed by atoms with Gasteiger partial charge in [0.2, 0.25) is 0 Å². The Labute approximate surface area is 150 Å². The third-order valence-corrected chi connectivity index (χ3v) is 5.71. The van der Waals surface area contributed by atoms with E-state index in [0.29, 0.717) is 32.1 Å². The first-order valence-electron chi connectivity index (χ1n) is 8.55. The molecule has 0 N–H and O–H groups in total. The van der Waals surface area contributed by atoms with Crippen LogP contribution < -0.4 is 0 Å². The lowest BCUT2D eigenvalue weighted by atomic mass is 9.84. The number of likely N-dealkylation sites (tertiary alicyclic amines) is 1. The Hall–Kier alpha value is -1.70. The van der Waals surface area contributed by atoms with Gasteiger partial charge in [-0.25, -0.2) is 4.98 Å². The normalized spacial score (nSPS) is 22.2. The number of nitrogens with zero attached hydrogens (tertiary/aromatic N) is 2. The molecule has 0 bridgehead atoms. The first-order valence-corrected chi connectivity index (χ1v) is 9.43. The number of aryl methyl sites for hydroxylation is 2. The van der Waals surface area contributed by atoms with Crippen LogP contribution in [0.1, 0.15) is 39.7 Å². The molecule has 0 saturated carbocycles. The third kappa shape index (κ3) is 3.36. The Kier molecular flexibility index (Phi) is 4.39. The zero-order valence-electron chi connectivity index (χ0n) is 14.5. The summed E-state index contributed by atoms with van der Waals surface area (Å²) in [6.07, 6.45) is 3.41. The van der Waals surface area contributed by atoms with Crippen LogP contribution in [0.3, 0.4) is 0 Å². The summed E-state index contributed by atoms with van der Waals surface area (Å²) >= 11 is 1.64. The molecule has 2 aliphatic heterocycles. The van der Waals surface area contributed by atoms with E-state index >= 15 is 0 Å². The van der Waals surface area contributed by atoms with Crippen LogP contribution >= 0.6 is 11.3 Å². The Morgan fingerprint density at radius 3 is 3.00 bits per heavy atom. The first-order chi connectivity index (χ1) is 12.0. The standard InChI is InChI=1S/C18H22N2O4S/c1-12-3-5-22-16(12)17(21)20-10-18(11-20)7-15(4-6-24-18)23-8-14-9-25-13(2)19-14/h3,5,9,15H,4,6-8,10-11H2,1-2H3/t15-/m1/s1. The van der Waals surface area contributed by atoms with Crippen molar-refractivity contribution in [3.8, 4) is 0 Å². The Balaban J connectivity index is 1.31. The van der Waals surface area contributed by atoms with Crippen LogP contribution in [0.4, 0.5) is 0 Å². The van der Waals surface area contributed by atoms with Crippen LogP contribution in [0.25, 0.3) is 0 Å². The van der Waals surface area contributed by atoms with Crippen molar-refractivity contribution in [1.29, 1.82) is 0 Å². The molecule has 1 spiro atoms. The highest BCUT2D eigenvalue weighted by molar-refractivity contribution is 7.09. The topological polar surface area (TPSA) is 64.8 Å². The molecule has 25 heavy (non-hydrogen) atoms. The highest BCUT2D eigenvalue weighted by atomic mass is 32.1. The largest absolute Gasteiger partial charge is 0.459 e. The lowest BCUT2D eigenvalue weighted by molar-refractivity contribution is -0.188. The molecule has 0 radical (unpaired) electrons. The Morgan fingerprint density at radius 2 is 2.32 bits per heavy atom. The van der Waals surface area contributed by atoms with Crippen LogP contribution in [0.5, 0.6) is 0 Å². The van der Waals surface area contributed by atoms with Gasteiger partial charge in [-0.1, -0.05) is 0 Å². The summed E-state index contributed by atoms with van der Waals surface area (Å²) in [5.41, 5.74) is 1.59. The second kappa shape index (κ2) is 6.55. The van der Waals surface area contributed by atoms with E-state index in [-0.39, 0.29) is 17.6 Å². The number of aromatic nitrogens is 1. The van der Waals surface area contributed by atoms with Crippen molar-refractivity contribution in [2.24, 2.45) is 0 Å². The third-order valence-electron chi connectivity index (χ3n) is 4.88. The van der Waals surface area contributed by atoms with Crippen LogP contribution in [0.2, 0.25) is 0 Å². The Morgan fingerprint density at radius 1 is 1.48 bits per heavy atom. The average molecular weight is 362 g/mol. The monoisotopic (exact) mass is 362 g/mol. The maximum absolute atomic E-state index is 12.5. The second-order valence-electron chi connectivity index (χ2n) is 6.91. The Bertz CT molecular complexity index is 763. The zero-order chi connectivity index (χ0) is 17.4. The van der Waals surface area contributed by atoms with Crippen LogP contribution in [0, 0.1) is 13.8 Å². The number of hydrogen-bond acceptors (Lipinski definition) is 6. The molecule has 0 aliphatic carbocycles. The summed E-state index contributed by atoms with van der Waals surface area (Å²) in [6, 6.07) is 1.81. The molecule has 134 valence electrons. The van der Waals surface area contributed by atoms with Crippen molar-refractivity contribution in [2.45, 2.75) is 45.0 Å². The predicted molar refractivity (Wildman–Crippen MR) is 92.7 cm³/mol. The minimum atomic E-state index is -0.267. The maximum Gasteiger partial charge on any atom is 0.290 e. The quantitative estimate of drug-likeness (QED) is 0.837. The van der Waals surface area contributed by atoms with Gasteiger partial charge in [0, 0.05) is 24.0 Å². The highest BCUT2D eigenvalue weighted by Crippen LogP contribution is 2.36. The lowest BCUT2D eigenvalue weighted by Crippen LogP contribution is -2.67. The zero-order valence-corrected chi connectivity index (χ0v) is 15.3. The molecule has 0 unspecified atom stereocenters. The van der Waals surface area contributed by atoms with Crippen LogP contribution in [-0.4, -0.2) is 47.2 Å². The van der Waals surface area contributed by atoms with Gasteiger partial charge < -0.3 is 18.8 Å². The number of thiazole rings is 1. The van der Waals surface area contributed by atoms with Crippen molar-refractivity contribution in [2.75, 3.05) is 19.7 Å². The molecule has 6 nitrogen and oxygen atoms in total. The molecule has 4 heterocycles. The maximum atomic E-state index is 12.5. The van der Waals surface area contributed by atoms with E-state index in [9.17, 15) is 4.79 Å². The number of furan rings is 1. The van der Waals surface area contributed by atoms with Crippen molar-refractivity contribution >= 4 is 17.2 Å². The van der Waals surface area contributed by atoms with Gasteiger partial charge in [0.05, 0.1) is 42.8 Å². The van der Waals surface area contributed by atoms with E-state index < -0.39 is 0 Å². The molecule has 2 saturated heterocycles. The fourth-order valence-corrected chi connectivity index (χ4v) is 4.15. The summed E-state index contributed by atoms with van der Waals surface area (Å²) < 4.78 is 17.3. The number of rotatable bonds is 4. The van der Waals surface area contributed by atoms with E-state index in [1.54, 1.807) is 22.5 Å². The van der Waals surface area contributed by atoms with Gasteiger partial charge in [-0.3, -0.25) is 4.79 Å². The molecule has 1 atom stereocenters. The summed E-state index contributed by atoms with van der Waals surface area (Å²) in [5.74, 6) is 0.370. The number of ether oxygens (including phenoxy) is 2. The smallest absolute Gasteiger partial charge is 0.290 e. The number of hydrogen-bond donors (Lipinski definition) is 0. The second-order valence-corrected chi connectivity index (χ2v) is 7.97. The predicted octanol–water partition coefficient (Wildman–Crippen LogP) is 2.94. The molecule has 0 aromatic carbocycles. The fourth-order valence-electron chi connectivity index (χ4n) is 3.55. The van der Waals surface area contributed by atoms with Crippen molar-refractivity contribution in [3.05, 3.63) is 39.7 Å². The van der Waals surface area contributed by atoms with Crippen molar-refractivity contribution < 1.29 is 18.7 Å². The molecular weight excluding hydrogens is 340 g/mol. The van der Waals surface area contributed by atoms with E-state index in [1.807, 2.05) is 25.3 Å². The van der Waals surface area contributed by atoms with Gasteiger partial charge in [0.25, 0.3) is 5.91 Å². The summed E-state index contributed by atoms with van der Waals surface area (Å²) in [6.45, 7) is 6.29. The van der Waals surface area contributed by atoms with Crippen LogP contribution in [-0.2, 0) is 16.1 Å². The van der Waals surface area contributed by atoms with Crippen molar-refractivity contribution in [1.82, 2.24) is 9.88 Å². The number of amides is 1. The molecule has 1 amide bonds. The van der Waals surface area contributed by atoms with Gasteiger partial charge in [-0.2, -0.15) is 0 Å². The minimum Gasteiger partial charge on any atom is -0.459 e. The van der Waals surface area contributed by atoms with E-state index in [2.05, 4.69) is 4.98 Å². The number of carbonyl (C=O) groups excluding carboxylic acids is 1. The van der Waals surface area contributed by atoms with Crippen LogP contribution in [0.15, 0.2) is 22.1 Å². The minimum absolute atomic E-state index is 0.0577. The molecule has 2 aromatic rings. The molecule has 7 heteroatoms. The van der Waals surface area contributed by atoms with E-state index in [4.69, 9.17) is 13.9 Å². The van der Waals surface area contributed by atoms with E-state index in [1.165, 1.54) is 0 Å². The summed E-state index contributed by atoms with van der Waals surface area (Å²) in [5, 5.41) is 3.10. The molecular formula is C18H22N2O4S. The van der Waals surface area contributed by atoms with Gasteiger partial charge in [-0.05, 0) is 26.3 Å². The van der Waals surface area contributed by atoms with Gasteiger partial charge in [-0.15, -0.1) is 11.3 Å². The SMILES string of the molecule is Cc1nc(CO[C@@H]2CCOC3(C2)CN(C(=O)c2occc2C)C3)cs1. The van der Waals surface area contributed by atoms with Crippen molar-refractivity contribution in [3.63, 3.8) is 0 Å². The molecule has 4 rings (SSSR count). The summed E-state index contributed by atoms with van der Waals surface area (Å²) in [7, 11) is 0. The average Bonchev–Trinajstić information content (AvgIpc) is 3.18.